The molecule has 3 nitrogen and oxygen atoms in total. The summed E-state index contributed by atoms with van der Waals surface area (Å²) in [7, 11) is 0. The van der Waals surface area contributed by atoms with Crippen molar-refractivity contribution < 1.29 is 4.42 Å². The van der Waals surface area contributed by atoms with Gasteiger partial charge in [-0.25, -0.2) is 4.79 Å². The molecular weight excluding hydrogens is 322 g/mol. The molecule has 0 aliphatic heterocycles. The molecule has 2 aromatic heterocycles. The van der Waals surface area contributed by atoms with Crippen LogP contribution in [0.3, 0.4) is 0 Å². The second kappa shape index (κ2) is 6.34. The molecule has 0 atom stereocenters. The fourth-order valence-corrected chi connectivity index (χ4v) is 3.26. The molecule has 0 radical (unpaired) electrons. The lowest BCUT2D eigenvalue weighted by Crippen LogP contribution is -2.07. The van der Waals surface area contributed by atoms with Crippen molar-refractivity contribution in [1.29, 1.82) is 0 Å². The van der Waals surface area contributed by atoms with Crippen LogP contribution in [-0.2, 0) is 0 Å². The van der Waals surface area contributed by atoms with Crippen LogP contribution in [0.15, 0.2) is 76.2 Å². The van der Waals surface area contributed by atoms with Gasteiger partial charge in [-0.1, -0.05) is 36.3 Å². The van der Waals surface area contributed by atoms with E-state index in [-0.39, 0.29) is 0 Å². The highest BCUT2D eigenvalue weighted by Gasteiger charge is 2.20. The highest BCUT2D eigenvalue weighted by atomic mass is 16.4. The van der Waals surface area contributed by atoms with Gasteiger partial charge in [0, 0.05) is 28.9 Å². The molecule has 3 heteroatoms. The van der Waals surface area contributed by atoms with Gasteiger partial charge in [-0.3, -0.25) is 4.98 Å². The Morgan fingerprint density at radius 3 is 2.35 bits per heavy atom. The molecule has 0 unspecified atom stereocenters. The van der Waals surface area contributed by atoms with Crippen molar-refractivity contribution in [1.82, 2.24) is 4.98 Å². The fraction of sp³-hybridized carbons (Fsp3) is 0.0435. The van der Waals surface area contributed by atoms with Gasteiger partial charge in [0.25, 0.3) is 0 Å². The van der Waals surface area contributed by atoms with Gasteiger partial charge < -0.3 is 4.42 Å². The maximum atomic E-state index is 12.9. The monoisotopic (exact) mass is 337 g/mol. The Morgan fingerprint density at radius 2 is 1.65 bits per heavy atom. The fourth-order valence-electron chi connectivity index (χ4n) is 3.26. The van der Waals surface area contributed by atoms with Gasteiger partial charge in [0.05, 0.1) is 5.56 Å². The van der Waals surface area contributed by atoms with Gasteiger partial charge in [0.1, 0.15) is 5.58 Å². The first-order valence-electron chi connectivity index (χ1n) is 8.23. The van der Waals surface area contributed by atoms with Gasteiger partial charge in [0.15, 0.2) is 0 Å². The SMILES string of the molecule is C#Cc1cc(C)cc2oc(=O)c(-c3ccncc3)c(-c3ccccc3)c12. The van der Waals surface area contributed by atoms with Crippen molar-refractivity contribution in [2.75, 3.05) is 0 Å². The third kappa shape index (κ3) is 2.58. The number of terminal acetylenes is 1. The topological polar surface area (TPSA) is 43.1 Å². The largest absolute Gasteiger partial charge is 0.422 e. The van der Waals surface area contributed by atoms with Crippen LogP contribution in [-0.4, -0.2) is 4.98 Å². The number of aryl methyl sites for hydroxylation is 1. The Hall–Kier alpha value is -3.64. The standard InChI is InChI=1S/C23H15NO2/c1-3-16-13-15(2)14-19-20(16)21(17-7-5-4-6-8-17)22(23(25)26-19)18-9-11-24-12-10-18/h1,4-14H,2H3. The summed E-state index contributed by atoms with van der Waals surface area (Å²) in [5.74, 6) is 2.74. The second-order valence-electron chi connectivity index (χ2n) is 6.07. The summed E-state index contributed by atoms with van der Waals surface area (Å²) < 4.78 is 5.66. The van der Waals surface area contributed by atoms with E-state index >= 15 is 0 Å². The molecule has 2 aromatic carbocycles. The lowest BCUT2D eigenvalue weighted by molar-refractivity contribution is 0.563. The van der Waals surface area contributed by atoms with Crippen LogP contribution in [0.1, 0.15) is 11.1 Å². The Labute approximate surface area is 151 Å². The van der Waals surface area contributed by atoms with E-state index in [0.29, 0.717) is 16.7 Å². The van der Waals surface area contributed by atoms with E-state index < -0.39 is 5.63 Å². The van der Waals surface area contributed by atoms with Crippen LogP contribution in [0.2, 0.25) is 0 Å². The summed E-state index contributed by atoms with van der Waals surface area (Å²) in [5, 5.41) is 0.774. The Kier molecular flexibility index (Phi) is 3.87. The van der Waals surface area contributed by atoms with E-state index in [9.17, 15) is 4.79 Å². The molecule has 0 aliphatic carbocycles. The number of pyridine rings is 1. The number of fused-ring (bicyclic) bond motifs is 1. The molecule has 2 heterocycles. The molecule has 4 rings (SSSR count). The third-order valence-corrected chi connectivity index (χ3v) is 4.34. The molecule has 26 heavy (non-hydrogen) atoms. The summed E-state index contributed by atoms with van der Waals surface area (Å²) in [6, 6.07) is 17.1. The van der Waals surface area contributed by atoms with Crippen molar-refractivity contribution in [2.24, 2.45) is 0 Å². The van der Waals surface area contributed by atoms with Crippen LogP contribution in [0, 0.1) is 19.3 Å². The first kappa shape index (κ1) is 15.9. The van der Waals surface area contributed by atoms with E-state index in [1.165, 1.54) is 0 Å². The lowest BCUT2D eigenvalue weighted by Gasteiger charge is -2.14. The second-order valence-corrected chi connectivity index (χ2v) is 6.07. The highest BCUT2D eigenvalue weighted by Crippen LogP contribution is 2.37. The molecule has 0 saturated carbocycles. The van der Waals surface area contributed by atoms with E-state index in [4.69, 9.17) is 10.8 Å². The predicted molar refractivity (Wildman–Crippen MR) is 104 cm³/mol. The average molecular weight is 337 g/mol. The Balaban J connectivity index is 2.25. The van der Waals surface area contributed by atoms with Crippen LogP contribution in [0.25, 0.3) is 33.2 Å². The minimum absolute atomic E-state index is 0.392. The summed E-state index contributed by atoms with van der Waals surface area (Å²) in [6.07, 6.45) is 9.09. The van der Waals surface area contributed by atoms with Gasteiger partial charge in [0.2, 0.25) is 0 Å². The maximum absolute atomic E-state index is 12.9. The van der Waals surface area contributed by atoms with Gasteiger partial charge in [-0.2, -0.15) is 0 Å². The quantitative estimate of drug-likeness (QED) is 0.389. The minimum Gasteiger partial charge on any atom is -0.422 e. The molecule has 0 saturated heterocycles. The summed E-state index contributed by atoms with van der Waals surface area (Å²) >= 11 is 0. The number of hydrogen-bond donors (Lipinski definition) is 0. The number of rotatable bonds is 2. The molecule has 124 valence electrons. The molecule has 0 aliphatic rings. The zero-order valence-corrected chi connectivity index (χ0v) is 14.2. The maximum Gasteiger partial charge on any atom is 0.344 e. The minimum atomic E-state index is -0.392. The van der Waals surface area contributed by atoms with E-state index in [1.54, 1.807) is 24.5 Å². The normalized spacial score (nSPS) is 10.6. The Bertz CT molecular complexity index is 1200. The molecule has 0 N–H and O–H groups in total. The lowest BCUT2D eigenvalue weighted by atomic mass is 9.91. The smallest absolute Gasteiger partial charge is 0.344 e. The van der Waals surface area contributed by atoms with Crippen LogP contribution in [0.4, 0.5) is 0 Å². The molecule has 0 bridgehead atoms. The van der Waals surface area contributed by atoms with Crippen LogP contribution in [0.5, 0.6) is 0 Å². The summed E-state index contributed by atoms with van der Waals surface area (Å²) in [4.78, 5) is 16.9. The summed E-state index contributed by atoms with van der Waals surface area (Å²) in [5.41, 5.74) is 4.70. The molecule has 0 fully saturated rings. The van der Waals surface area contributed by atoms with Crippen LogP contribution >= 0.6 is 0 Å². The highest BCUT2D eigenvalue weighted by molar-refractivity contribution is 6.04. The van der Waals surface area contributed by atoms with Crippen molar-refractivity contribution in [2.45, 2.75) is 6.92 Å². The number of nitrogens with zero attached hydrogens (tertiary/aromatic N) is 1. The zero-order valence-electron chi connectivity index (χ0n) is 14.2. The van der Waals surface area contributed by atoms with E-state index in [1.807, 2.05) is 49.4 Å². The van der Waals surface area contributed by atoms with Crippen molar-refractivity contribution >= 4 is 11.0 Å². The third-order valence-electron chi connectivity index (χ3n) is 4.34. The zero-order chi connectivity index (χ0) is 18.1. The van der Waals surface area contributed by atoms with Crippen molar-refractivity contribution in [3.05, 3.63) is 88.5 Å². The predicted octanol–water partition coefficient (Wildman–Crippen LogP) is 4.81. The van der Waals surface area contributed by atoms with Gasteiger partial charge in [-0.15, -0.1) is 6.42 Å². The van der Waals surface area contributed by atoms with E-state index in [2.05, 4.69) is 10.9 Å². The molecular formula is C23H15NO2. The van der Waals surface area contributed by atoms with Crippen molar-refractivity contribution in [3.63, 3.8) is 0 Å². The first-order chi connectivity index (χ1) is 12.7. The Morgan fingerprint density at radius 1 is 0.962 bits per heavy atom. The number of aromatic nitrogens is 1. The molecule has 0 amide bonds. The molecule has 0 spiro atoms. The van der Waals surface area contributed by atoms with Gasteiger partial charge >= 0.3 is 5.63 Å². The van der Waals surface area contributed by atoms with Gasteiger partial charge in [-0.05, 0) is 47.9 Å². The molecule has 4 aromatic rings. The summed E-state index contributed by atoms with van der Waals surface area (Å²) in [6.45, 7) is 1.93. The van der Waals surface area contributed by atoms with E-state index in [0.717, 1.165) is 27.6 Å². The average Bonchev–Trinajstić information content (AvgIpc) is 2.67. The number of benzene rings is 2. The van der Waals surface area contributed by atoms with Crippen LogP contribution < -0.4 is 5.63 Å². The first-order valence-corrected chi connectivity index (χ1v) is 8.23. The number of hydrogen-bond acceptors (Lipinski definition) is 3. The van der Waals surface area contributed by atoms with Crippen molar-refractivity contribution in [3.8, 4) is 34.6 Å².